The van der Waals surface area contributed by atoms with Gasteiger partial charge < -0.3 is 8.98 Å². The number of imidazole rings is 1. The van der Waals surface area contributed by atoms with Gasteiger partial charge in [-0.2, -0.15) is 0 Å². The number of aromatic nitrogens is 2. The summed E-state index contributed by atoms with van der Waals surface area (Å²) < 4.78 is 7.57. The lowest BCUT2D eigenvalue weighted by Gasteiger charge is -2.14. The largest absolute Gasteiger partial charge is 0.465 e. The second-order valence-corrected chi connectivity index (χ2v) is 4.14. The van der Waals surface area contributed by atoms with Crippen molar-refractivity contribution >= 4 is 0 Å². The van der Waals surface area contributed by atoms with E-state index in [-0.39, 0.29) is 0 Å². The molecule has 0 unspecified atom stereocenters. The first-order valence-corrected chi connectivity index (χ1v) is 5.35. The molecule has 0 saturated heterocycles. The molecule has 2 aromatic heterocycles. The van der Waals surface area contributed by atoms with Crippen LogP contribution in [0.25, 0.3) is 0 Å². The van der Waals surface area contributed by atoms with E-state index < -0.39 is 0 Å². The standard InChI is InChI=1S/C12H17N3O/c1-10-4-5-11(16-10)8-14(2)9-12-13-6-7-15(12)3/h4-7H,8-9H2,1-3H3. The second-order valence-electron chi connectivity index (χ2n) is 4.14. The van der Waals surface area contributed by atoms with Crippen molar-refractivity contribution < 1.29 is 4.42 Å². The van der Waals surface area contributed by atoms with Crippen LogP contribution >= 0.6 is 0 Å². The highest BCUT2D eigenvalue weighted by atomic mass is 16.3. The lowest BCUT2D eigenvalue weighted by Crippen LogP contribution is -2.19. The molecule has 2 heterocycles. The molecule has 0 aliphatic heterocycles. The Morgan fingerprint density at radius 1 is 1.38 bits per heavy atom. The van der Waals surface area contributed by atoms with Gasteiger partial charge in [0.15, 0.2) is 0 Å². The summed E-state index contributed by atoms with van der Waals surface area (Å²) in [4.78, 5) is 6.47. The topological polar surface area (TPSA) is 34.2 Å². The monoisotopic (exact) mass is 219 g/mol. The van der Waals surface area contributed by atoms with E-state index in [2.05, 4.69) is 16.9 Å². The number of hydrogen-bond acceptors (Lipinski definition) is 3. The van der Waals surface area contributed by atoms with Crippen LogP contribution in [0.15, 0.2) is 28.9 Å². The lowest BCUT2D eigenvalue weighted by molar-refractivity contribution is 0.276. The minimum Gasteiger partial charge on any atom is -0.465 e. The maximum absolute atomic E-state index is 5.53. The Hall–Kier alpha value is -1.55. The normalized spacial score (nSPS) is 11.2. The predicted molar refractivity (Wildman–Crippen MR) is 61.8 cm³/mol. The van der Waals surface area contributed by atoms with Gasteiger partial charge in [-0.1, -0.05) is 0 Å². The van der Waals surface area contributed by atoms with Crippen molar-refractivity contribution in [3.05, 3.63) is 41.9 Å². The Labute approximate surface area is 95.5 Å². The van der Waals surface area contributed by atoms with Gasteiger partial charge in [-0.3, -0.25) is 4.90 Å². The van der Waals surface area contributed by atoms with Crippen molar-refractivity contribution in [2.75, 3.05) is 7.05 Å². The van der Waals surface area contributed by atoms with Crippen LogP contribution in [0.2, 0.25) is 0 Å². The van der Waals surface area contributed by atoms with E-state index in [1.54, 1.807) is 0 Å². The Kier molecular flexibility index (Phi) is 3.10. The first-order chi connectivity index (χ1) is 7.65. The Morgan fingerprint density at radius 3 is 2.75 bits per heavy atom. The van der Waals surface area contributed by atoms with E-state index >= 15 is 0 Å². The third-order valence-electron chi connectivity index (χ3n) is 2.55. The molecule has 0 radical (unpaired) electrons. The van der Waals surface area contributed by atoms with Crippen molar-refractivity contribution in [2.24, 2.45) is 7.05 Å². The average Bonchev–Trinajstić information content (AvgIpc) is 2.77. The molecule has 0 N–H and O–H groups in total. The summed E-state index contributed by atoms with van der Waals surface area (Å²) in [5, 5.41) is 0. The van der Waals surface area contributed by atoms with Crippen molar-refractivity contribution in [3.8, 4) is 0 Å². The van der Waals surface area contributed by atoms with Gasteiger partial charge >= 0.3 is 0 Å². The van der Waals surface area contributed by atoms with Crippen molar-refractivity contribution in [1.29, 1.82) is 0 Å². The van der Waals surface area contributed by atoms with E-state index in [4.69, 9.17) is 4.42 Å². The van der Waals surface area contributed by atoms with Gasteiger partial charge in [0.1, 0.15) is 17.3 Å². The molecule has 0 atom stereocenters. The molecule has 16 heavy (non-hydrogen) atoms. The first kappa shape index (κ1) is 11.0. The molecule has 0 spiro atoms. The van der Waals surface area contributed by atoms with Crippen molar-refractivity contribution in [3.63, 3.8) is 0 Å². The van der Waals surface area contributed by atoms with Crippen molar-refractivity contribution in [2.45, 2.75) is 20.0 Å². The molecule has 0 amide bonds. The van der Waals surface area contributed by atoms with Gasteiger partial charge in [0.05, 0.1) is 13.1 Å². The Balaban J connectivity index is 1.94. The fourth-order valence-corrected chi connectivity index (χ4v) is 1.68. The van der Waals surface area contributed by atoms with Crippen LogP contribution in [0.1, 0.15) is 17.3 Å². The highest BCUT2D eigenvalue weighted by Gasteiger charge is 2.07. The third kappa shape index (κ3) is 2.52. The minimum atomic E-state index is 0.806. The number of aryl methyl sites for hydroxylation is 2. The molecule has 0 aromatic carbocycles. The lowest BCUT2D eigenvalue weighted by atomic mass is 10.4. The maximum atomic E-state index is 5.53. The molecule has 2 aromatic rings. The summed E-state index contributed by atoms with van der Waals surface area (Å²) in [7, 11) is 4.07. The molecular formula is C12H17N3O. The maximum Gasteiger partial charge on any atom is 0.122 e. The molecule has 0 fully saturated rings. The van der Waals surface area contributed by atoms with E-state index in [0.29, 0.717) is 0 Å². The molecule has 0 bridgehead atoms. The molecule has 4 nitrogen and oxygen atoms in total. The van der Waals surface area contributed by atoms with Gasteiger partial charge in [0.2, 0.25) is 0 Å². The van der Waals surface area contributed by atoms with Gasteiger partial charge in [0.25, 0.3) is 0 Å². The number of nitrogens with zero attached hydrogens (tertiary/aromatic N) is 3. The van der Waals surface area contributed by atoms with Crippen LogP contribution in [-0.2, 0) is 20.1 Å². The smallest absolute Gasteiger partial charge is 0.122 e. The third-order valence-corrected chi connectivity index (χ3v) is 2.55. The van der Waals surface area contributed by atoms with E-state index in [9.17, 15) is 0 Å². The second kappa shape index (κ2) is 4.53. The first-order valence-electron chi connectivity index (χ1n) is 5.35. The summed E-state index contributed by atoms with van der Waals surface area (Å²) in [6.07, 6.45) is 3.78. The number of furan rings is 1. The fourth-order valence-electron chi connectivity index (χ4n) is 1.68. The van der Waals surface area contributed by atoms with Crippen LogP contribution in [-0.4, -0.2) is 21.5 Å². The Morgan fingerprint density at radius 2 is 2.19 bits per heavy atom. The summed E-state index contributed by atoms with van der Waals surface area (Å²) >= 11 is 0. The van der Waals surface area contributed by atoms with Gasteiger partial charge in [-0.25, -0.2) is 4.98 Å². The SMILES string of the molecule is Cc1ccc(CN(C)Cc2nccn2C)o1. The summed E-state index contributed by atoms with van der Waals surface area (Å²) in [5.41, 5.74) is 0. The molecule has 4 heteroatoms. The predicted octanol–water partition coefficient (Wildman–Crippen LogP) is 1.95. The summed E-state index contributed by atoms with van der Waals surface area (Å²) in [6, 6.07) is 4.01. The van der Waals surface area contributed by atoms with Crippen LogP contribution in [0, 0.1) is 6.92 Å². The quantitative estimate of drug-likeness (QED) is 0.788. The minimum absolute atomic E-state index is 0.806. The van der Waals surface area contributed by atoms with E-state index in [0.717, 1.165) is 30.4 Å². The Bertz CT molecular complexity index is 458. The fraction of sp³-hybridized carbons (Fsp3) is 0.417. The summed E-state index contributed by atoms with van der Waals surface area (Å²) in [5.74, 6) is 3.01. The van der Waals surface area contributed by atoms with Crippen LogP contribution < -0.4 is 0 Å². The van der Waals surface area contributed by atoms with Crippen LogP contribution in [0.4, 0.5) is 0 Å². The molecule has 0 aliphatic rings. The summed E-state index contributed by atoms with van der Waals surface area (Å²) in [6.45, 7) is 3.59. The number of rotatable bonds is 4. The molecule has 2 rings (SSSR count). The number of hydrogen-bond donors (Lipinski definition) is 0. The molecule has 0 aliphatic carbocycles. The van der Waals surface area contributed by atoms with Crippen LogP contribution in [0.5, 0.6) is 0 Å². The average molecular weight is 219 g/mol. The highest BCUT2D eigenvalue weighted by Crippen LogP contribution is 2.10. The molecule has 0 saturated carbocycles. The van der Waals surface area contributed by atoms with Gasteiger partial charge in [0, 0.05) is 19.4 Å². The molecule has 86 valence electrons. The van der Waals surface area contributed by atoms with E-state index in [1.807, 2.05) is 43.1 Å². The van der Waals surface area contributed by atoms with Crippen LogP contribution in [0.3, 0.4) is 0 Å². The molecular weight excluding hydrogens is 202 g/mol. The zero-order valence-corrected chi connectivity index (χ0v) is 9.97. The van der Waals surface area contributed by atoms with Gasteiger partial charge in [-0.05, 0) is 26.1 Å². The van der Waals surface area contributed by atoms with Gasteiger partial charge in [-0.15, -0.1) is 0 Å². The van der Waals surface area contributed by atoms with Crippen molar-refractivity contribution in [1.82, 2.24) is 14.5 Å². The van der Waals surface area contributed by atoms with E-state index in [1.165, 1.54) is 0 Å². The zero-order valence-electron chi connectivity index (χ0n) is 9.97. The zero-order chi connectivity index (χ0) is 11.5. The highest BCUT2D eigenvalue weighted by molar-refractivity contribution is 5.05.